The standard InChI is InChI=1S/C66H44N2O/c1-4-17-45(18-5-1)47-31-37-52(38-32-47)67(53-39-33-48(34-40-53)55-26-16-27-59-58-25-12-15-30-64(58)69-66(55)59)63-44-51(46-19-6-2-7-20-46)43-60(65(63)50-21-8-3-9-22-50)49-35-41-54(42-36-49)68-61-28-13-10-23-56(61)57-24-11-14-29-62(57)68/h1-44H. The first-order valence-electron chi connectivity index (χ1n) is 23.6. The Morgan fingerprint density at radius 2 is 0.768 bits per heavy atom. The zero-order valence-corrected chi connectivity index (χ0v) is 37.7. The zero-order valence-electron chi connectivity index (χ0n) is 37.7. The Labute approximate surface area is 401 Å². The van der Waals surface area contributed by atoms with Crippen molar-refractivity contribution in [3.05, 3.63) is 267 Å². The molecule has 0 spiro atoms. The van der Waals surface area contributed by atoms with Gasteiger partial charge in [-0.15, -0.1) is 0 Å². The first kappa shape index (κ1) is 40.1. The maximum absolute atomic E-state index is 6.53. The predicted octanol–water partition coefficient (Wildman–Crippen LogP) is 18.5. The summed E-state index contributed by atoms with van der Waals surface area (Å²) in [6.45, 7) is 0. The van der Waals surface area contributed by atoms with Gasteiger partial charge in [0, 0.05) is 49.7 Å². The Balaban J connectivity index is 1.03. The minimum Gasteiger partial charge on any atom is -0.455 e. The molecule has 13 rings (SSSR count). The summed E-state index contributed by atoms with van der Waals surface area (Å²) in [6.07, 6.45) is 0. The Kier molecular flexibility index (Phi) is 9.84. The summed E-state index contributed by atoms with van der Waals surface area (Å²) in [7, 11) is 0. The molecule has 69 heavy (non-hydrogen) atoms. The van der Waals surface area contributed by atoms with Crippen LogP contribution in [0.2, 0.25) is 0 Å². The van der Waals surface area contributed by atoms with E-state index >= 15 is 0 Å². The van der Waals surface area contributed by atoms with Crippen molar-refractivity contribution in [2.75, 3.05) is 4.90 Å². The van der Waals surface area contributed by atoms with Crippen LogP contribution in [0.4, 0.5) is 17.1 Å². The van der Waals surface area contributed by atoms with Crippen LogP contribution in [-0.4, -0.2) is 4.57 Å². The molecule has 0 atom stereocenters. The van der Waals surface area contributed by atoms with Crippen LogP contribution in [0, 0.1) is 0 Å². The van der Waals surface area contributed by atoms with E-state index in [1.54, 1.807) is 0 Å². The van der Waals surface area contributed by atoms with E-state index < -0.39 is 0 Å². The van der Waals surface area contributed by atoms with Crippen molar-refractivity contribution < 1.29 is 4.42 Å². The van der Waals surface area contributed by atoms with Crippen LogP contribution in [0.15, 0.2) is 271 Å². The van der Waals surface area contributed by atoms with E-state index in [2.05, 4.69) is 264 Å². The Hall–Kier alpha value is -9.18. The molecule has 0 aliphatic heterocycles. The van der Waals surface area contributed by atoms with Crippen LogP contribution >= 0.6 is 0 Å². The lowest BCUT2D eigenvalue weighted by atomic mass is 9.88. The van der Waals surface area contributed by atoms with Crippen molar-refractivity contribution in [3.63, 3.8) is 0 Å². The maximum Gasteiger partial charge on any atom is 0.143 e. The molecule has 2 aromatic heterocycles. The summed E-state index contributed by atoms with van der Waals surface area (Å²) in [6, 6.07) is 96.3. The van der Waals surface area contributed by atoms with Crippen LogP contribution < -0.4 is 4.90 Å². The third kappa shape index (κ3) is 7.08. The number of para-hydroxylation sites is 4. The van der Waals surface area contributed by atoms with Gasteiger partial charge in [0.25, 0.3) is 0 Å². The third-order valence-corrected chi connectivity index (χ3v) is 13.6. The summed E-state index contributed by atoms with van der Waals surface area (Å²) >= 11 is 0. The molecule has 2 heterocycles. The fourth-order valence-electron chi connectivity index (χ4n) is 10.4. The van der Waals surface area contributed by atoms with Gasteiger partial charge in [-0.05, 0) is 111 Å². The Morgan fingerprint density at radius 3 is 1.39 bits per heavy atom. The first-order chi connectivity index (χ1) is 34.2. The van der Waals surface area contributed by atoms with Gasteiger partial charge >= 0.3 is 0 Å². The van der Waals surface area contributed by atoms with Gasteiger partial charge in [0.15, 0.2) is 0 Å². The highest BCUT2D eigenvalue weighted by atomic mass is 16.3. The molecule has 0 aliphatic carbocycles. The summed E-state index contributed by atoms with van der Waals surface area (Å²) in [5, 5.41) is 4.74. The highest BCUT2D eigenvalue weighted by Gasteiger charge is 2.24. The van der Waals surface area contributed by atoms with E-state index in [4.69, 9.17) is 4.42 Å². The lowest BCUT2D eigenvalue weighted by molar-refractivity contribution is 0.670. The molecule has 0 radical (unpaired) electrons. The van der Waals surface area contributed by atoms with Crippen molar-refractivity contribution in [2.45, 2.75) is 0 Å². The molecule has 0 bridgehead atoms. The van der Waals surface area contributed by atoms with Crippen LogP contribution in [0.1, 0.15) is 0 Å². The molecule has 0 fully saturated rings. The van der Waals surface area contributed by atoms with E-state index in [-0.39, 0.29) is 0 Å². The summed E-state index contributed by atoms with van der Waals surface area (Å²) in [5.41, 5.74) is 19.8. The molecule has 11 aromatic carbocycles. The minimum atomic E-state index is 0.894. The molecular formula is C66H44N2O. The van der Waals surface area contributed by atoms with Crippen LogP contribution in [0.25, 0.3) is 105 Å². The smallest absolute Gasteiger partial charge is 0.143 e. The fourth-order valence-corrected chi connectivity index (χ4v) is 10.4. The van der Waals surface area contributed by atoms with Gasteiger partial charge < -0.3 is 13.9 Å². The molecule has 324 valence electrons. The number of benzene rings is 11. The molecule has 3 nitrogen and oxygen atoms in total. The number of fused-ring (bicyclic) bond motifs is 6. The topological polar surface area (TPSA) is 21.3 Å². The van der Waals surface area contributed by atoms with E-state index in [9.17, 15) is 0 Å². The molecule has 13 aromatic rings. The highest BCUT2D eigenvalue weighted by molar-refractivity contribution is 6.11. The van der Waals surface area contributed by atoms with Crippen molar-refractivity contribution in [1.82, 2.24) is 4.57 Å². The van der Waals surface area contributed by atoms with E-state index in [1.165, 1.54) is 32.9 Å². The van der Waals surface area contributed by atoms with Crippen LogP contribution in [0.3, 0.4) is 0 Å². The number of aromatic nitrogens is 1. The van der Waals surface area contributed by atoms with Crippen molar-refractivity contribution in [3.8, 4) is 61.3 Å². The van der Waals surface area contributed by atoms with Gasteiger partial charge in [0.05, 0.1) is 16.7 Å². The average Bonchev–Trinajstić information content (AvgIpc) is 3.98. The largest absolute Gasteiger partial charge is 0.455 e. The minimum absolute atomic E-state index is 0.894. The highest BCUT2D eigenvalue weighted by Crippen LogP contribution is 2.49. The fraction of sp³-hybridized carbons (Fsp3) is 0. The zero-order chi connectivity index (χ0) is 45.7. The predicted molar refractivity (Wildman–Crippen MR) is 290 cm³/mol. The molecule has 0 amide bonds. The number of nitrogens with zero attached hydrogens (tertiary/aromatic N) is 2. The van der Waals surface area contributed by atoms with Crippen molar-refractivity contribution >= 4 is 60.8 Å². The Bertz CT molecular complexity index is 3910. The maximum atomic E-state index is 6.53. The molecule has 0 unspecified atom stereocenters. The monoisotopic (exact) mass is 880 g/mol. The normalized spacial score (nSPS) is 11.5. The number of hydrogen-bond acceptors (Lipinski definition) is 2. The number of furan rings is 1. The lowest BCUT2D eigenvalue weighted by Crippen LogP contribution is -2.12. The van der Waals surface area contributed by atoms with Gasteiger partial charge in [-0.25, -0.2) is 0 Å². The SMILES string of the molecule is c1ccc(-c2ccc(N(c3ccc(-c4cccc5c4oc4ccccc45)cc3)c3cc(-c4ccccc4)cc(-c4ccc(-n5c6ccccc6c6ccccc65)cc4)c3-c3ccccc3)cc2)cc1. The molecule has 3 heteroatoms. The molecule has 0 saturated heterocycles. The second-order valence-corrected chi connectivity index (χ2v) is 17.6. The lowest BCUT2D eigenvalue weighted by Gasteiger charge is -2.30. The molecule has 0 N–H and O–H groups in total. The first-order valence-corrected chi connectivity index (χ1v) is 23.6. The van der Waals surface area contributed by atoms with Crippen LogP contribution in [-0.2, 0) is 0 Å². The summed E-state index contributed by atoms with van der Waals surface area (Å²) in [4.78, 5) is 2.44. The Morgan fingerprint density at radius 1 is 0.304 bits per heavy atom. The van der Waals surface area contributed by atoms with Gasteiger partial charge in [-0.2, -0.15) is 0 Å². The second kappa shape index (κ2) is 16.9. The van der Waals surface area contributed by atoms with Crippen molar-refractivity contribution in [2.24, 2.45) is 0 Å². The van der Waals surface area contributed by atoms with Gasteiger partial charge in [-0.3, -0.25) is 0 Å². The number of hydrogen-bond donors (Lipinski definition) is 0. The average molecular weight is 881 g/mol. The molecule has 0 aliphatic rings. The van der Waals surface area contributed by atoms with Gasteiger partial charge in [-0.1, -0.05) is 200 Å². The van der Waals surface area contributed by atoms with E-state index in [1.807, 2.05) is 12.1 Å². The third-order valence-electron chi connectivity index (χ3n) is 13.6. The quantitative estimate of drug-likeness (QED) is 0.144. The summed E-state index contributed by atoms with van der Waals surface area (Å²) in [5.74, 6) is 0. The molecular weight excluding hydrogens is 837 g/mol. The van der Waals surface area contributed by atoms with Crippen LogP contribution in [0.5, 0.6) is 0 Å². The number of rotatable bonds is 9. The van der Waals surface area contributed by atoms with Gasteiger partial charge in [0.2, 0.25) is 0 Å². The van der Waals surface area contributed by atoms with Crippen molar-refractivity contribution in [1.29, 1.82) is 0 Å². The van der Waals surface area contributed by atoms with Gasteiger partial charge in [0.1, 0.15) is 11.2 Å². The summed E-state index contributed by atoms with van der Waals surface area (Å²) < 4.78 is 8.92. The van der Waals surface area contributed by atoms with E-state index in [0.29, 0.717) is 0 Å². The second-order valence-electron chi connectivity index (χ2n) is 17.6. The number of anilines is 3. The van der Waals surface area contributed by atoms with E-state index in [0.717, 1.165) is 89.2 Å². The molecule has 0 saturated carbocycles.